The van der Waals surface area contributed by atoms with Gasteiger partial charge < -0.3 is 14.2 Å². The molecule has 6 rings (SSSR count). The zero-order chi connectivity index (χ0) is 26.1. The van der Waals surface area contributed by atoms with Gasteiger partial charge in [-0.25, -0.2) is 4.79 Å². The van der Waals surface area contributed by atoms with Crippen molar-refractivity contribution in [1.82, 2.24) is 9.47 Å². The van der Waals surface area contributed by atoms with E-state index in [1.54, 1.807) is 6.92 Å². The van der Waals surface area contributed by atoms with E-state index in [0.717, 1.165) is 10.9 Å². The summed E-state index contributed by atoms with van der Waals surface area (Å²) in [5.74, 6) is -0.448. The Labute approximate surface area is 237 Å². The number of benzene rings is 4. The smallest absolute Gasteiger partial charge is 0.462 e. The Morgan fingerprint density at radius 2 is 1.34 bits per heavy atom. The number of hydrogen-bond donors (Lipinski definition) is 0. The number of esters is 1. The maximum atomic E-state index is 12.8. The van der Waals surface area contributed by atoms with Gasteiger partial charge in [0.05, 0.1) is 19.1 Å². The number of fused-ring (bicyclic) bond motifs is 1. The molecule has 2 atom stereocenters. The zero-order valence-corrected chi connectivity index (χ0v) is 21.7. The molecule has 38 heavy (non-hydrogen) atoms. The summed E-state index contributed by atoms with van der Waals surface area (Å²) in [5, 5.41) is 0.753. The minimum atomic E-state index is -0.538. The van der Waals surface area contributed by atoms with Gasteiger partial charge in [0.25, 0.3) is 0 Å². The van der Waals surface area contributed by atoms with Crippen LogP contribution in [0.5, 0.6) is 0 Å². The monoisotopic (exact) mass is 493 g/mol. The summed E-state index contributed by atoms with van der Waals surface area (Å²) in [5.41, 5.74) is 4.18. The van der Waals surface area contributed by atoms with Crippen LogP contribution in [-0.4, -0.2) is 28.1 Å². The van der Waals surface area contributed by atoms with E-state index < -0.39 is 11.5 Å². The molecule has 1 aliphatic heterocycles. The van der Waals surface area contributed by atoms with Crippen molar-refractivity contribution in [1.29, 1.82) is 0 Å². The van der Waals surface area contributed by atoms with Crippen molar-refractivity contribution >= 4 is 16.9 Å². The number of para-hydroxylation sites is 1. The van der Waals surface area contributed by atoms with E-state index in [0.29, 0.717) is 12.1 Å². The summed E-state index contributed by atoms with van der Waals surface area (Å²) < 4.78 is 16.2. The normalized spacial score (nSPS) is 16.9. The van der Waals surface area contributed by atoms with Crippen molar-refractivity contribution in [2.24, 2.45) is 0 Å². The third kappa shape index (κ3) is 4.50. The molecule has 0 N–H and O–H groups in total. The largest absolute Gasteiger partial charge is 1.00 e. The van der Waals surface area contributed by atoms with Crippen molar-refractivity contribution in [2.75, 3.05) is 6.61 Å². The third-order valence-electron chi connectivity index (χ3n) is 7.12. The summed E-state index contributed by atoms with van der Waals surface area (Å²) in [6.07, 6.45) is 0.189. The van der Waals surface area contributed by atoms with Gasteiger partial charge in [-0.2, -0.15) is 0 Å². The SMILES string of the molecule is [2H]c1c(C(=O)OCC)c2ccccc2n1C[C@H]1[CH-]N1C(c1ccccc1)(c1ccccc1)c1ccccc1.[Li+]. The molecule has 0 aliphatic carbocycles. The second kappa shape index (κ2) is 11.1. The second-order valence-electron chi connectivity index (χ2n) is 9.27. The third-order valence-corrected chi connectivity index (χ3v) is 7.12. The molecule has 5 aromatic rings. The number of carbonyl (C=O) groups is 1. The van der Waals surface area contributed by atoms with Crippen LogP contribution in [0.3, 0.4) is 0 Å². The quantitative estimate of drug-likeness (QED) is 0.109. The fourth-order valence-corrected chi connectivity index (χ4v) is 5.49. The molecule has 1 unspecified atom stereocenters. The molecule has 0 radical (unpaired) electrons. The number of rotatable bonds is 8. The Kier molecular flexibility index (Phi) is 7.20. The van der Waals surface area contributed by atoms with Gasteiger partial charge in [-0.05, 0) is 29.7 Å². The summed E-state index contributed by atoms with van der Waals surface area (Å²) in [7, 11) is 0. The van der Waals surface area contributed by atoms with Crippen molar-refractivity contribution in [3.63, 3.8) is 0 Å². The molecule has 0 bridgehead atoms. The van der Waals surface area contributed by atoms with Gasteiger partial charge in [0, 0.05) is 23.6 Å². The van der Waals surface area contributed by atoms with Crippen molar-refractivity contribution in [2.45, 2.75) is 25.0 Å². The van der Waals surface area contributed by atoms with Crippen molar-refractivity contribution in [3.8, 4) is 0 Å². The van der Waals surface area contributed by atoms with Crippen LogP contribution < -0.4 is 18.9 Å². The van der Waals surface area contributed by atoms with Crippen molar-refractivity contribution < 1.29 is 29.8 Å². The molecule has 5 heteroatoms. The molecule has 4 nitrogen and oxygen atoms in total. The molecule has 184 valence electrons. The predicted octanol–water partition coefficient (Wildman–Crippen LogP) is 3.66. The standard InChI is InChI=1S/C33H29N2O2.Li/c1-2-37-32(36)30-24-34(31-21-13-12-20-29(30)31)22-28-23-35(28)33(25-14-6-3-7-15-25,26-16-8-4-9-17-26)27-18-10-5-11-19-27;/h3-21,23-24,28H,2,22H2,1H3;/q-1;+1/t28-,35?;/m0./s1/i24D;. The van der Waals surface area contributed by atoms with Crippen LogP contribution in [0.4, 0.5) is 0 Å². The Morgan fingerprint density at radius 3 is 1.87 bits per heavy atom. The van der Waals surface area contributed by atoms with E-state index in [4.69, 9.17) is 6.11 Å². The van der Waals surface area contributed by atoms with Gasteiger partial charge >= 0.3 is 24.8 Å². The van der Waals surface area contributed by atoms with Crippen molar-refractivity contribution in [3.05, 3.63) is 150 Å². The van der Waals surface area contributed by atoms with Crippen LogP contribution in [0.25, 0.3) is 10.9 Å². The number of carbonyl (C=O) groups excluding carboxylic acids is 1. The molecular weight excluding hydrogens is 463 g/mol. The minimum absolute atomic E-state index is 0. The molecule has 0 spiro atoms. The molecule has 1 fully saturated rings. The molecule has 0 amide bonds. The van der Waals surface area contributed by atoms with E-state index >= 15 is 0 Å². The van der Waals surface area contributed by atoms with Gasteiger partial charge in [-0.1, -0.05) is 109 Å². The molecule has 0 saturated carbocycles. The van der Waals surface area contributed by atoms with Crippen LogP contribution in [0.1, 0.15) is 35.3 Å². The summed E-state index contributed by atoms with van der Waals surface area (Å²) in [6, 6.07) is 39.5. The van der Waals surface area contributed by atoms with Gasteiger partial charge in [0.1, 0.15) is 0 Å². The van der Waals surface area contributed by atoms with E-state index in [1.807, 2.05) is 47.0 Å². The first-order valence-corrected chi connectivity index (χ1v) is 12.7. The topological polar surface area (TPSA) is 34.2 Å². The van der Waals surface area contributed by atoms with Gasteiger partial charge in [-0.15, -0.1) is 6.04 Å². The molecule has 4 aromatic carbocycles. The summed E-state index contributed by atoms with van der Waals surface area (Å²) in [6.45, 7) is 4.85. The minimum Gasteiger partial charge on any atom is -0.462 e. The average Bonchev–Trinajstić information content (AvgIpc) is 3.67. The fourth-order valence-electron chi connectivity index (χ4n) is 5.49. The molecule has 2 heterocycles. The Bertz CT molecular complexity index is 1470. The Morgan fingerprint density at radius 1 is 0.842 bits per heavy atom. The predicted molar refractivity (Wildman–Crippen MR) is 147 cm³/mol. The van der Waals surface area contributed by atoms with E-state index in [2.05, 4.69) is 84.2 Å². The Balaban J connectivity index is 0.00000308. The van der Waals surface area contributed by atoms with Crippen LogP contribution in [0.15, 0.2) is 121 Å². The maximum absolute atomic E-state index is 12.8. The van der Waals surface area contributed by atoms with E-state index in [1.165, 1.54) is 16.7 Å². The first-order valence-electron chi connectivity index (χ1n) is 13.2. The van der Waals surface area contributed by atoms with Crippen LogP contribution in [0.2, 0.25) is 0 Å². The average molecular weight is 494 g/mol. The molecular formula is C33H29LiN2O2. The van der Waals surface area contributed by atoms with Crippen LogP contribution in [-0.2, 0) is 16.8 Å². The van der Waals surface area contributed by atoms with Gasteiger partial charge in [0.15, 0.2) is 0 Å². The van der Waals surface area contributed by atoms with E-state index in [-0.39, 0.29) is 37.7 Å². The molecule has 1 saturated heterocycles. The fraction of sp³-hybridized carbons (Fsp3) is 0.152. The number of ether oxygens (including phenoxy) is 1. The maximum Gasteiger partial charge on any atom is 1.00 e. The van der Waals surface area contributed by atoms with E-state index in [9.17, 15) is 4.79 Å². The number of hydrogen-bond acceptors (Lipinski definition) is 3. The molecule has 1 aromatic heterocycles. The summed E-state index contributed by atoms with van der Waals surface area (Å²) in [4.78, 5) is 15.2. The summed E-state index contributed by atoms with van der Waals surface area (Å²) >= 11 is 0. The first kappa shape index (κ1) is 24.8. The number of nitrogens with zero attached hydrogens (tertiary/aromatic N) is 2. The van der Waals surface area contributed by atoms with Crippen LogP contribution in [0, 0.1) is 6.54 Å². The number of aromatic nitrogens is 1. The Hall–Kier alpha value is -3.55. The first-order chi connectivity index (χ1) is 18.7. The second-order valence-corrected chi connectivity index (χ2v) is 9.27. The molecule has 1 aliphatic rings. The van der Waals surface area contributed by atoms with Crippen LogP contribution >= 0.6 is 0 Å². The van der Waals surface area contributed by atoms with Gasteiger partial charge in [0.2, 0.25) is 0 Å². The zero-order valence-electron chi connectivity index (χ0n) is 22.7. The van der Waals surface area contributed by atoms with Gasteiger partial charge in [-0.3, -0.25) is 6.54 Å².